The van der Waals surface area contributed by atoms with Crippen LogP contribution >= 0.6 is 0 Å². The van der Waals surface area contributed by atoms with Crippen molar-refractivity contribution < 1.29 is 34.4 Å². The quantitative estimate of drug-likeness (QED) is 0.326. The number of carboxylic acid groups (broad SMARTS) is 1. The Morgan fingerprint density at radius 1 is 0.953 bits per heavy atom. The lowest BCUT2D eigenvalue weighted by Crippen LogP contribution is -2.67. The molecule has 0 spiro atoms. The summed E-state index contributed by atoms with van der Waals surface area (Å²) in [6, 6.07) is 0. The maximum Gasteiger partial charge on any atom is 0.309 e. The first-order valence-corrected chi connectivity index (χ1v) is 17.0. The number of hydrogen-bond donors (Lipinski definition) is 3. The lowest BCUT2D eigenvalue weighted by molar-refractivity contribution is -0.290. The molecule has 13 atom stereocenters. The van der Waals surface area contributed by atoms with Crippen LogP contribution in [0.4, 0.5) is 0 Å². The second-order valence-corrected chi connectivity index (χ2v) is 17.6. The number of carbonyl (C=O) groups is 2. The molecule has 1 aliphatic heterocycles. The van der Waals surface area contributed by atoms with Gasteiger partial charge in [-0.15, -0.1) is 0 Å². The summed E-state index contributed by atoms with van der Waals surface area (Å²) in [6.45, 7) is 17.8. The van der Waals surface area contributed by atoms with Crippen LogP contribution in [-0.4, -0.2) is 57.8 Å². The molecule has 4 saturated carbocycles. The first-order valence-electron chi connectivity index (χ1n) is 17.0. The molecule has 7 nitrogen and oxygen atoms in total. The molecule has 5 aliphatic carbocycles. The molecule has 1 heterocycles. The maximum absolute atomic E-state index is 14.6. The van der Waals surface area contributed by atoms with Crippen LogP contribution in [0.15, 0.2) is 11.6 Å². The Hall–Kier alpha value is -1.28. The Morgan fingerprint density at radius 3 is 2.28 bits per heavy atom. The van der Waals surface area contributed by atoms with Gasteiger partial charge in [0, 0.05) is 12.3 Å². The monoisotopic (exact) mass is 600 g/mol. The summed E-state index contributed by atoms with van der Waals surface area (Å²) in [5, 5.41) is 30.7. The molecule has 0 bridgehead atoms. The number of fused-ring (bicyclic) bond motifs is 7. The number of carbonyl (C=O) groups excluding carboxylic acids is 1. The third-order valence-electron chi connectivity index (χ3n) is 15.0. The van der Waals surface area contributed by atoms with Crippen molar-refractivity contribution in [2.75, 3.05) is 0 Å². The van der Waals surface area contributed by atoms with Crippen molar-refractivity contribution in [3.63, 3.8) is 0 Å². The molecule has 7 heteroatoms. The van der Waals surface area contributed by atoms with Gasteiger partial charge in [-0.25, -0.2) is 0 Å². The van der Waals surface area contributed by atoms with Crippen LogP contribution in [0.2, 0.25) is 0 Å². The summed E-state index contributed by atoms with van der Waals surface area (Å²) in [5.41, 5.74) is -0.165. The average molecular weight is 601 g/mol. The summed E-state index contributed by atoms with van der Waals surface area (Å²) < 4.78 is 12.6. The van der Waals surface area contributed by atoms with Gasteiger partial charge in [0.05, 0.1) is 23.7 Å². The van der Waals surface area contributed by atoms with Gasteiger partial charge in [0.15, 0.2) is 12.1 Å². The SMILES string of the molecule is CC1OC(OC2CC[C@@]3(C)C(CC[C@]4(C)C3C(=O)C=C3C5C[C@@](C)(C(=O)O)CC[C@]5(C)CC[C@]34C)C2(C)C)CC(O)C1O. The van der Waals surface area contributed by atoms with E-state index in [-0.39, 0.29) is 63.1 Å². The summed E-state index contributed by atoms with van der Waals surface area (Å²) in [7, 11) is 0. The molecular weight excluding hydrogens is 544 g/mol. The second-order valence-electron chi connectivity index (χ2n) is 17.6. The number of aliphatic hydroxyl groups is 2. The van der Waals surface area contributed by atoms with Gasteiger partial charge in [0.25, 0.3) is 0 Å². The number of allylic oxidation sites excluding steroid dienone is 2. The van der Waals surface area contributed by atoms with Crippen LogP contribution in [-0.2, 0) is 19.1 Å². The molecule has 6 aliphatic rings. The molecule has 0 aromatic rings. The molecule has 8 unspecified atom stereocenters. The predicted molar refractivity (Wildman–Crippen MR) is 163 cm³/mol. The van der Waals surface area contributed by atoms with Gasteiger partial charge >= 0.3 is 5.97 Å². The Bertz CT molecular complexity index is 1200. The number of carboxylic acids is 1. The summed E-state index contributed by atoms with van der Waals surface area (Å²) in [5.74, 6) is -0.128. The van der Waals surface area contributed by atoms with Crippen LogP contribution in [0.5, 0.6) is 0 Å². The third kappa shape index (κ3) is 4.33. The van der Waals surface area contributed by atoms with Crippen molar-refractivity contribution in [2.24, 2.45) is 50.2 Å². The number of ether oxygens (including phenoxy) is 2. The largest absolute Gasteiger partial charge is 0.481 e. The van der Waals surface area contributed by atoms with Gasteiger partial charge in [0.1, 0.15) is 6.10 Å². The number of rotatable bonds is 3. The molecule has 3 N–H and O–H groups in total. The molecule has 0 aromatic carbocycles. The molecule has 1 saturated heterocycles. The fourth-order valence-electron chi connectivity index (χ4n) is 11.9. The van der Waals surface area contributed by atoms with E-state index in [0.717, 1.165) is 44.9 Å². The van der Waals surface area contributed by atoms with Gasteiger partial charge in [-0.1, -0.05) is 47.1 Å². The standard InChI is InChI=1S/C36H56O7/c1-20-28(39)23(37)18-27(42-20)43-26-10-11-34(6)25(31(26,2)3)9-12-36(8)29(34)24(38)17-21-22-19-33(5,30(40)41)14-13-32(22,4)15-16-35(21,36)7/h17,20,22-23,25-29,37,39H,9-16,18-19H2,1-8H3,(H,40,41)/t20?,22?,23?,25?,26?,27?,28?,29?,32-,33+,34+,35-,36-/m1/s1. The van der Waals surface area contributed by atoms with E-state index in [9.17, 15) is 24.9 Å². The molecule has 0 radical (unpaired) electrons. The fourth-order valence-corrected chi connectivity index (χ4v) is 11.9. The minimum Gasteiger partial charge on any atom is -0.481 e. The normalized spacial score (nSPS) is 54.4. The zero-order valence-electron chi connectivity index (χ0n) is 27.7. The smallest absolute Gasteiger partial charge is 0.309 e. The number of aliphatic carboxylic acids is 1. The topological polar surface area (TPSA) is 113 Å². The molecule has 0 amide bonds. The average Bonchev–Trinajstić information content (AvgIpc) is 2.91. The van der Waals surface area contributed by atoms with E-state index in [1.54, 1.807) is 6.92 Å². The first-order chi connectivity index (χ1) is 19.8. The van der Waals surface area contributed by atoms with Gasteiger partial charge in [-0.2, -0.15) is 0 Å². The molecule has 5 fully saturated rings. The van der Waals surface area contributed by atoms with Crippen molar-refractivity contribution in [3.8, 4) is 0 Å². The van der Waals surface area contributed by atoms with Gasteiger partial charge in [-0.05, 0) is 117 Å². The van der Waals surface area contributed by atoms with Gasteiger partial charge in [-0.3, -0.25) is 9.59 Å². The highest BCUT2D eigenvalue weighted by molar-refractivity contribution is 5.95. The number of aliphatic hydroxyl groups excluding tert-OH is 2. The Kier molecular flexibility index (Phi) is 7.27. The van der Waals surface area contributed by atoms with Crippen molar-refractivity contribution >= 4 is 11.8 Å². The highest BCUT2D eigenvalue weighted by Gasteiger charge is 2.70. The summed E-state index contributed by atoms with van der Waals surface area (Å²) >= 11 is 0. The van der Waals surface area contributed by atoms with Crippen molar-refractivity contribution in [1.82, 2.24) is 0 Å². The molecule has 43 heavy (non-hydrogen) atoms. The van der Waals surface area contributed by atoms with Crippen molar-refractivity contribution in [3.05, 3.63) is 11.6 Å². The van der Waals surface area contributed by atoms with Gasteiger partial charge in [0.2, 0.25) is 0 Å². The molecular formula is C36H56O7. The fraction of sp³-hybridized carbons (Fsp3) is 0.889. The Morgan fingerprint density at radius 2 is 1.63 bits per heavy atom. The minimum absolute atomic E-state index is 0.0462. The Balaban J connectivity index is 1.32. The zero-order chi connectivity index (χ0) is 31.5. The van der Waals surface area contributed by atoms with Crippen LogP contribution in [0.25, 0.3) is 0 Å². The highest BCUT2D eigenvalue weighted by atomic mass is 16.7. The second kappa shape index (κ2) is 9.86. The molecule has 0 aromatic heterocycles. The lowest BCUT2D eigenvalue weighted by atomic mass is 9.33. The van der Waals surface area contributed by atoms with Gasteiger partial charge < -0.3 is 24.8 Å². The van der Waals surface area contributed by atoms with Crippen LogP contribution in [0, 0.1) is 50.2 Å². The summed E-state index contributed by atoms with van der Waals surface area (Å²) in [6.07, 6.45) is 7.45. The van der Waals surface area contributed by atoms with E-state index in [0.29, 0.717) is 12.8 Å². The maximum atomic E-state index is 14.6. The molecule has 242 valence electrons. The molecule has 6 rings (SSSR count). The van der Waals surface area contributed by atoms with E-state index in [4.69, 9.17) is 9.47 Å². The van der Waals surface area contributed by atoms with E-state index in [1.807, 2.05) is 13.0 Å². The first kappa shape index (κ1) is 31.7. The number of hydrogen-bond acceptors (Lipinski definition) is 6. The van der Waals surface area contributed by atoms with E-state index in [1.165, 1.54) is 5.57 Å². The predicted octanol–water partition coefficient (Wildman–Crippen LogP) is 6.29. The van der Waals surface area contributed by atoms with E-state index >= 15 is 0 Å². The van der Waals surface area contributed by atoms with E-state index < -0.39 is 36.0 Å². The van der Waals surface area contributed by atoms with E-state index in [2.05, 4.69) is 41.5 Å². The minimum atomic E-state index is -0.903. The Labute approximate surface area is 258 Å². The van der Waals surface area contributed by atoms with Crippen LogP contribution < -0.4 is 0 Å². The third-order valence-corrected chi connectivity index (χ3v) is 15.0. The van der Waals surface area contributed by atoms with Crippen molar-refractivity contribution in [1.29, 1.82) is 0 Å². The number of ketones is 1. The summed E-state index contributed by atoms with van der Waals surface area (Å²) in [4.78, 5) is 27.0. The van der Waals surface area contributed by atoms with Crippen LogP contribution in [0.1, 0.15) is 120 Å². The van der Waals surface area contributed by atoms with Crippen molar-refractivity contribution in [2.45, 2.75) is 150 Å². The zero-order valence-corrected chi connectivity index (χ0v) is 27.7. The lowest BCUT2D eigenvalue weighted by Gasteiger charge is -2.70. The highest BCUT2D eigenvalue weighted by Crippen LogP contribution is 2.75. The van der Waals surface area contributed by atoms with Crippen LogP contribution in [0.3, 0.4) is 0 Å².